The van der Waals surface area contributed by atoms with Crippen molar-refractivity contribution in [1.29, 1.82) is 0 Å². The number of hydrogen-bond donors (Lipinski definition) is 2. The van der Waals surface area contributed by atoms with E-state index >= 15 is 0 Å². The molecular formula is C19H29N3O2S. The predicted molar refractivity (Wildman–Crippen MR) is 101 cm³/mol. The van der Waals surface area contributed by atoms with E-state index < -0.39 is 11.8 Å². The Bertz CT molecular complexity index is 547. The molecule has 2 fully saturated rings. The molecule has 0 unspecified atom stereocenters. The molecule has 1 aliphatic heterocycles. The van der Waals surface area contributed by atoms with Crippen LogP contribution in [0.1, 0.15) is 63.0 Å². The maximum atomic E-state index is 12.2. The lowest BCUT2D eigenvalue weighted by Crippen LogP contribution is -2.46. The molecule has 1 saturated heterocycles. The quantitative estimate of drug-likeness (QED) is 0.791. The predicted octanol–water partition coefficient (Wildman–Crippen LogP) is 2.84. The highest BCUT2D eigenvalue weighted by molar-refractivity contribution is 7.07. The number of nitrogens with zero attached hydrogens (tertiary/aromatic N) is 1. The maximum absolute atomic E-state index is 12.2. The summed E-state index contributed by atoms with van der Waals surface area (Å²) in [4.78, 5) is 26.8. The summed E-state index contributed by atoms with van der Waals surface area (Å²) in [5.41, 5.74) is 1.24. The summed E-state index contributed by atoms with van der Waals surface area (Å²) >= 11 is 1.68. The van der Waals surface area contributed by atoms with Crippen LogP contribution in [-0.2, 0) is 9.59 Å². The van der Waals surface area contributed by atoms with Gasteiger partial charge in [0.15, 0.2) is 0 Å². The van der Waals surface area contributed by atoms with Crippen LogP contribution in [0.4, 0.5) is 0 Å². The van der Waals surface area contributed by atoms with E-state index in [1.165, 1.54) is 31.2 Å². The van der Waals surface area contributed by atoms with Gasteiger partial charge in [0.1, 0.15) is 0 Å². The van der Waals surface area contributed by atoms with Crippen LogP contribution in [0.5, 0.6) is 0 Å². The summed E-state index contributed by atoms with van der Waals surface area (Å²) in [6.07, 6.45) is 9.23. The minimum Gasteiger partial charge on any atom is -0.346 e. The van der Waals surface area contributed by atoms with Crippen LogP contribution in [0.15, 0.2) is 16.8 Å². The van der Waals surface area contributed by atoms with Gasteiger partial charge in [0.25, 0.3) is 0 Å². The van der Waals surface area contributed by atoms with Crippen LogP contribution < -0.4 is 10.6 Å². The van der Waals surface area contributed by atoms with Gasteiger partial charge in [-0.1, -0.05) is 25.7 Å². The second kappa shape index (κ2) is 9.34. The zero-order chi connectivity index (χ0) is 17.5. The van der Waals surface area contributed by atoms with E-state index in [9.17, 15) is 9.59 Å². The third-order valence-electron chi connectivity index (χ3n) is 5.36. The van der Waals surface area contributed by atoms with Gasteiger partial charge in [0.2, 0.25) is 0 Å². The van der Waals surface area contributed by atoms with Crippen molar-refractivity contribution < 1.29 is 9.59 Å². The molecule has 3 rings (SSSR count). The van der Waals surface area contributed by atoms with Crippen molar-refractivity contribution in [2.24, 2.45) is 0 Å². The highest BCUT2D eigenvalue weighted by Crippen LogP contribution is 2.25. The highest BCUT2D eigenvalue weighted by atomic mass is 32.1. The summed E-state index contributed by atoms with van der Waals surface area (Å²) < 4.78 is 0. The minimum absolute atomic E-state index is 0.160. The average Bonchev–Trinajstić information content (AvgIpc) is 3.25. The lowest BCUT2D eigenvalue weighted by Gasteiger charge is -2.30. The molecule has 1 aromatic rings. The van der Waals surface area contributed by atoms with Crippen LogP contribution in [0, 0.1) is 0 Å². The molecule has 2 heterocycles. The molecule has 1 atom stereocenters. The van der Waals surface area contributed by atoms with Crippen molar-refractivity contribution >= 4 is 23.2 Å². The van der Waals surface area contributed by atoms with Gasteiger partial charge in [0.05, 0.1) is 6.04 Å². The molecule has 5 nitrogen and oxygen atoms in total. The molecule has 2 amide bonds. The fourth-order valence-corrected chi connectivity index (χ4v) is 4.63. The molecule has 0 radical (unpaired) electrons. The molecule has 2 N–H and O–H groups in total. The standard InChI is InChI=1S/C19H29N3O2S/c23-18(19(24)21-16-7-3-4-8-16)20-13-17(15-9-12-25-14-15)22-10-5-1-2-6-11-22/h9,12,14,16-17H,1-8,10-11,13H2,(H,20,23)(H,21,24)/t17-/m0/s1. The Morgan fingerprint density at radius 1 is 1.08 bits per heavy atom. The lowest BCUT2D eigenvalue weighted by molar-refractivity contribution is -0.139. The van der Waals surface area contributed by atoms with E-state index in [1.807, 2.05) is 0 Å². The summed E-state index contributed by atoms with van der Waals surface area (Å²) in [6.45, 7) is 2.61. The van der Waals surface area contributed by atoms with Gasteiger partial charge in [0, 0.05) is 12.6 Å². The van der Waals surface area contributed by atoms with Crippen molar-refractivity contribution in [3.05, 3.63) is 22.4 Å². The second-order valence-corrected chi connectivity index (χ2v) is 7.97. The number of amides is 2. The van der Waals surface area contributed by atoms with Gasteiger partial charge in [-0.15, -0.1) is 0 Å². The normalized spacial score (nSPS) is 20.8. The maximum Gasteiger partial charge on any atom is 0.309 e. The number of nitrogens with one attached hydrogen (secondary N) is 2. The Morgan fingerprint density at radius 3 is 2.44 bits per heavy atom. The molecule has 2 aliphatic rings. The number of hydrogen-bond acceptors (Lipinski definition) is 4. The molecule has 0 spiro atoms. The summed E-state index contributed by atoms with van der Waals surface area (Å²) in [5.74, 6) is -0.978. The van der Waals surface area contributed by atoms with E-state index in [2.05, 4.69) is 32.4 Å². The smallest absolute Gasteiger partial charge is 0.309 e. The Labute approximate surface area is 154 Å². The minimum atomic E-state index is -0.498. The Morgan fingerprint density at radius 2 is 1.80 bits per heavy atom. The van der Waals surface area contributed by atoms with Crippen LogP contribution in [0.25, 0.3) is 0 Å². The number of carbonyl (C=O) groups excluding carboxylic acids is 2. The van der Waals surface area contributed by atoms with Gasteiger partial charge >= 0.3 is 11.8 Å². The molecule has 0 bridgehead atoms. The topological polar surface area (TPSA) is 61.4 Å². The number of carbonyl (C=O) groups is 2. The molecule has 6 heteroatoms. The zero-order valence-electron chi connectivity index (χ0n) is 14.8. The zero-order valence-corrected chi connectivity index (χ0v) is 15.7. The van der Waals surface area contributed by atoms with Gasteiger partial charge in [-0.3, -0.25) is 14.5 Å². The Kier molecular flexibility index (Phi) is 6.87. The van der Waals surface area contributed by atoms with E-state index in [1.54, 1.807) is 11.3 Å². The van der Waals surface area contributed by atoms with Crippen molar-refractivity contribution in [3.8, 4) is 0 Å². The van der Waals surface area contributed by atoms with E-state index in [-0.39, 0.29) is 12.1 Å². The molecule has 1 aromatic heterocycles. The lowest BCUT2D eigenvalue weighted by atomic mass is 10.1. The Hall–Kier alpha value is -1.40. The van der Waals surface area contributed by atoms with Gasteiger partial charge in [-0.05, 0) is 61.2 Å². The van der Waals surface area contributed by atoms with E-state index in [0.29, 0.717) is 6.54 Å². The largest absolute Gasteiger partial charge is 0.346 e. The fourth-order valence-electron chi connectivity index (χ4n) is 3.92. The SMILES string of the molecule is O=C(NC[C@@H](c1ccsc1)N1CCCCCC1)C(=O)NC1CCCC1. The summed E-state index contributed by atoms with van der Waals surface area (Å²) in [5, 5.41) is 9.97. The summed E-state index contributed by atoms with van der Waals surface area (Å²) in [6, 6.07) is 2.47. The summed E-state index contributed by atoms with van der Waals surface area (Å²) in [7, 11) is 0. The van der Waals surface area contributed by atoms with Crippen molar-refractivity contribution in [2.75, 3.05) is 19.6 Å². The van der Waals surface area contributed by atoms with Crippen LogP contribution >= 0.6 is 11.3 Å². The molecule has 0 aromatic carbocycles. The van der Waals surface area contributed by atoms with Crippen molar-refractivity contribution in [3.63, 3.8) is 0 Å². The van der Waals surface area contributed by atoms with Crippen LogP contribution in [0.2, 0.25) is 0 Å². The second-order valence-electron chi connectivity index (χ2n) is 7.19. The molecule has 1 aliphatic carbocycles. The molecule has 138 valence electrons. The molecule has 25 heavy (non-hydrogen) atoms. The van der Waals surface area contributed by atoms with E-state index in [4.69, 9.17) is 0 Å². The third kappa shape index (κ3) is 5.28. The van der Waals surface area contributed by atoms with E-state index in [0.717, 1.165) is 38.8 Å². The van der Waals surface area contributed by atoms with Crippen LogP contribution in [-0.4, -0.2) is 42.4 Å². The fraction of sp³-hybridized carbons (Fsp3) is 0.684. The first kappa shape index (κ1) is 18.4. The van der Waals surface area contributed by atoms with Gasteiger partial charge in [-0.2, -0.15) is 11.3 Å². The van der Waals surface area contributed by atoms with Crippen LogP contribution in [0.3, 0.4) is 0 Å². The number of thiophene rings is 1. The average molecular weight is 364 g/mol. The Balaban J connectivity index is 1.56. The van der Waals surface area contributed by atoms with Crippen molar-refractivity contribution in [2.45, 2.75) is 63.5 Å². The van der Waals surface area contributed by atoms with Crippen molar-refractivity contribution in [1.82, 2.24) is 15.5 Å². The van der Waals surface area contributed by atoms with Gasteiger partial charge in [-0.25, -0.2) is 0 Å². The molecular weight excluding hydrogens is 334 g/mol. The first-order valence-electron chi connectivity index (χ1n) is 9.59. The first-order valence-corrected chi connectivity index (χ1v) is 10.5. The number of rotatable bonds is 5. The molecule has 1 saturated carbocycles. The third-order valence-corrected chi connectivity index (χ3v) is 6.06. The van der Waals surface area contributed by atoms with Gasteiger partial charge < -0.3 is 10.6 Å². The highest BCUT2D eigenvalue weighted by Gasteiger charge is 2.25. The monoisotopic (exact) mass is 363 g/mol. The number of likely N-dealkylation sites (tertiary alicyclic amines) is 1. The first-order chi connectivity index (χ1) is 12.2.